The smallest absolute Gasteiger partial charge is 0.126 e. The van der Waals surface area contributed by atoms with Crippen molar-refractivity contribution < 1.29 is 0 Å². The Labute approximate surface area is 131 Å². The number of aromatic amines is 1. The molecule has 0 amide bonds. The Morgan fingerprint density at radius 3 is 2.73 bits per heavy atom. The van der Waals surface area contributed by atoms with Gasteiger partial charge in [0, 0.05) is 18.1 Å². The Balaban J connectivity index is 1.76. The SMILES string of the molecule is CC(C)CCc1cccc2[nH]c(CNc3ccncc3)nc12. The highest BCUT2D eigenvalue weighted by atomic mass is 15.0. The summed E-state index contributed by atoms with van der Waals surface area (Å²) in [6.07, 6.45) is 5.84. The lowest BCUT2D eigenvalue weighted by atomic mass is 10.0. The van der Waals surface area contributed by atoms with Crippen LogP contribution < -0.4 is 5.32 Å². The Morgan fingerprint density at radius 1 is 1.14 bits per heavy atom. The minimum Gasteiger partial charge on any atom is -0.378 e. The number of hydrogen-bond acceptors (Lipinski definition) is 3. The van der Waals surface area contributed by atoms with Crippen molar-refractivity contribution in [1.29, 1.82) is 0 Å². The Hall–Kier alpha value is -2.36. The summed E-state index contributed by atoms with van der Waals surface area (Å²) in [5.41, 5.74) is 4.61. The molecule has 4 heteroatoms. The number of rotatable bonds is 6. The largest absolute Gasteiger partial charge is 0.378 e. The standard InChI is InChI=1S/C18H22N4/c1-13(2)6-7-14-4-3-5-16-18(14)22-17(21-16)12-20-15-8-10-19-11-9-15/h3-5,8-11,13H,6-7,12H2,1-2H3,(H,19,20)(H,21,22). The Kier molecular flexibility index (Phi) is 4.37. The third kappa shape index (κ3) is 3.45. The molecule has 22 heavy (non-hydrogen) atoms. The number of aromatic nitrogens is 3. The predicted octanol–water partition coefficient (Wildman–Crippen LogP) is 4.16. The molecule has 0 atom stereocenters. The summed E-state index contributed by atoms with van der Waals surface area (Å²) in [7, 11) is 0. The van der Waals surface area contributed by atoms with Gasteiger partial charge in [0.1, 0.15) is 5.82 Å². The molecule has 3 rings (SSSR count). The van der Waals surface area contributed by atoms with Crippen LogP contribution in [-0.4, -0.2) is 15.0 Å². The maximum absolute atomic E-state index is 4.77. The maximum atomic E-state index is 4.77. The number of aryl methyl sites for hydroxylation is 1. The van der Waals surface area contributed by atoms with E-state index in [0.29, 0.717) is 12.5 Å². The van der Waals surface area contributed by atoms with Crippen LogP contribution in [-0.2, 0) is 13.0 Å². The fraction of sp³-hybridized carbons (Fsp3) is 0.333. The van der Waals surface area contributed by atoms with Gasteiger partial charge in [-0.25, -0.2) is 4.98 Å². The number of pyridine rings is 1. The molecule has 114 valence electrons. The van der Waals surface area contributed by atoms with Crippen LogP contribution in [0.25, 0.3) is 11.0 Å². The van der Waals surface area contributed by atoms with Crippen LogP contribution in [0.2, 0.25) is 0 Å². The van der Waals surface area contributed by atoms with E-state index in [1.165, 1.54) is 12.0 Å². The zero-order chi connectivity index (χ0) is 15.4. The first-order chi connectivity index (χ1) is 10.7. The molecule has 0 aliphatic rings. The zero-order valence-electron chi connectivity index (χ0n) is 13.1. The van der Waals surface area contributed by atoms with Crippen LogP contribution in [0.3, 0.4) is 0 Å². The van der Waals surface area contributed by atoms with Crippen molar-refractivity contribution >= 4 is 16.7 Å². The molecule has 0 saturated heterocycles. The van der Waals surface area contributed by atoms with E-state index in [-0.39, 0.29) is 0 Å². The van der Waals surface area contributed by atoms with Crippen molar-refractivity contribution in [1.82, 2.24) is 15.0 Å². The van der Waals surface area contributed by atoms with E-state index in [9.17, 15) is 0 Å². The summed E-state index contributed by atoms with van der Waals surface area (Å²) in [6.45, 7) is 5.20. The van der Waals surface area contributed by atoms with Gasteiger partial charge in [-0.2, -0.15) is 0 Å². The number of fused-ring (bicyclic) bond motifs is 1. The highest BCUT2D eigenvalue weighted by Gasteiger charge is 2.08. The van der Waals surface area contributed by atoms with Crippen LogP contribution in [0.5, 0.6) is 0 Å². The van der Waals surface area contributed by atoms with E-state index in [0.717, 1.165) is 29.0 Å². The molecular weight excluding hydrogens is 272 g/mol. The van der Waals surface area contributed by atoms with Gasteiger partial charge in [0.25, 0.3) is 0 Å². The third-order valence-corrected chi connectivity index (χ3v) is 3.78. The van der Waals surface area contributed by atoms with E-state index >= 15 is 0 Å². The molecule has 0 aliphatic heterocycles. The lowest BCUT2D eigenvalue weighted by Gasteiger charge is -2.05. The minimum absolute atomic E-state index is 0.683. The van der Waals surface area contributed by atoms with Crippen molar-refractivity contribution in [2.45, 2.75) is 33.2 Å². The molecule has 0 unspecified atom stereocenters. The highest BCUT2D eigenvalue weighted by Crippen LogP contribution is 2.20. The van der Waals surface area contributed by atoms with Crippen LogP contribution in [0.1, 0.15) is 31.7 Å². The van der Waals surface area contributed by atoms with Crippen molar-refractivity contribution in [3.05, 3.63) is 54.1 Å². The van der Waals surface area contributed by atoms with E-state index < -0.39 is 0 Å². The Morgan fingerprint density at radius 2 is 1.95 bits per heavy atom. The zero-order valence-corrected chi connectivity index (χ0v) is 13.1. The molecule has 0 spiro atoms. The van der Waals surface area contributed by atoms with E-state index in [2.05, 4.69) is 47.3 Å². The fourth-order valence-corrected chi connectivity index (χ4v) is 2.53. The van der Waals surface area contributed by atoms with E-state index in [1.807, 2.05) is 12.1 Å². The summed E-state index contributed by atoms with van der Waals surface area (Å²) in [6, 6.07) is 10.3. The number of nitrogens with zero attached hydrogens (tertiary/aromatic N) is 2. The first-order valence-corrected chi connectivity index (χ1v) is 7.83. The molecule has 2 heterocycles. The van der Waals surface area contributed by atoms with Gasteiger partial charge in [-0.05, 0) is 42.5 Å². The first kappa shape index (κ1) is 14.6. The number of H-pyrrole nitrogens is 1. The minimum atomic E-state index is 0.683. The average molecular weight is 294 g/mol. The molecule has 0 radical (unpaired) electrons. The number of para-hydroxylation sites is 1. The number of hydrogen-bond donors (Lipinski definition) is 2. The molecule has 1 aromatic carbocycles. The topological polar surface area (TPSA) is 53.6 Å². The van der Waals surface area contributed by atoms with Crippen LogP contribution >= 0.6 is 0 Å². The quantitative estimate of drug-likeness (QED) is 0.717. The molecule has 0 fully saturated rings. The molecule has 2 aromatic heterocycles. The molecule has 4 nitrogen and oxygen atoms in total. The van der Waals surface area contributed by atoms with Crippen molar-refractivity contribution in [3.8, 4) is 0 Å². The number of imidazole rings is 1. The number of anilines is 1. The van der Waals surface area contributed by atoms with E-state index in [1.54, 1.807) is 12.4 Å². The molecule has 0 aliphatic carbocycles. The lowest BCUT2D eigenvalue weighted by Crippen LogP contribution is -2.01. The summed E-state index contributed by atoms with van der Waals surface area (Å²) < 4.78 is 0. The normalized spacial score (nSPS) is 11.2. The monoisotopic (exact) mass is 294 g/mol. The fourth-order valence-electron chi connectivity index (χ4n) is 2.53. The summed E-state index contributed by atoms with van der Waals surface area (Å²) in [5.74, 6) is 1.67. The Bertz CT molecular complexity index is 731. The molecule has 3 aromatic rings. The van der Waals surface area contributed by atoms with Crippen molar-refractivity contribution in [3.63, 3.8) is 0 Å². The van der Waals surface area contributed by atoms with Gasteiger partial charge >= 0.3 is 0 Å². The highest BCUT2D eigenvalue weighted by molar-refractivity contribution is 5.78. The van der Waals surface area contributed by atoms with Gasteiger partial charge in [0.2, 0.25) is 0 Å². The van der Waals surface area contributed by atoms with Gasteiger partial charge in [0.05, 0.1) is 17.6 Å². The van der Waals surface area contributed by atoms with Gasteiger partial charge in [0.15, 0.2) is 0 Å². The summed E-state index contributed by atoms with van der Waals surface area (Å²) in [4.78, 5) is 12.2. The number of nitrogens with one attached hydrogen (secondary N) is 2. The van der Waals surface area contributed by atoms with Gasteiger partial charge in [-0.3, -0.25) is 4.98 Å². The van der Waals surface area contributed by atoms with Crippen LogP contribution in [0, 0.1) is 5.92 Å². The summed E-state index contributed by atoms with van der Waals surface area (Å²) in [5, 5.41) is 3.36. The van der Waals surface area contributed by atoms with Gasteiger partial charge < -0.3 is 10.3 Å². The molecular formula is C18H22N4. The van der Waals surface area contributed by atoms with Crippen LogP contribution in [0.4, 0.5) is 5.69 Å². The second kappa shape index (κ2) is 6.60. The van der Waals surface area contributed by atoms with Gasteiger partial charge in [-0.1, -0.05) is 26.0 Å². The molecule has 2 N–H and O–H groups in total. The lowest BCUT2D eigenvalue weighted by molar-refractivity contribution is 0.588. The van der Waals surface area contributed by atoms with Crippen molar-refractivity contribution in [2.24, 2.45) is 5.92 Å². The predicted molar refractivity (Wildman–Crippen MR) is 90.8 cm³/mol. The summed E-state index contributed by atoms with van der Waals surface area (Å²) >= 11 is 0. The first-order valence-electron chi connectivity index (χ1n) is 7.83. The molecule has 0 saturated carbocycles. The van der Waals surface area contributed by atoms with Gasteiger partial charge in [-0.15, -0.1) is 0 Å². The maximum Gasteiger partial charge on any atom is 0.126 e. The average Bonchev–Trinajstić information content (AvgIpc) is 2.95. The second-order valence-electron chi connectivity index (χ2n) is 6.02. The third-order valence-electron chi connectivity index (χ3n) is 3.78. The van der Waals surface area contributed by atoms with Crippen LogP contribution in [0.15, 0.2) is 42.7 Å². The van der Waals surface area contributed by atoms with Crippen molar-refractivity contribution in [2.75, 3.05) is 5.32 Å². The number of benzene rings is 1. The van der Waals surface area contributed by atoms with E-state index in [4.69, 9.17) is 4.98 Å². The molecule has 0 bridgehead atoms. The second-order valence-corrected chi connectivity index (χ2v) is 6.02.